The molecule has 22 nitrogen and oxygen atoms in total. The molecule has 0 unspecified atom stereocenters. The van der Waals surface area contributed by atoms with E-state index in [4.69, 9.17) is 18.0 Å². The summed E-state index contributed by atoms with van der Waals surface area (Å²) in [6.45, 7) is 29.5. The molecule has 3 amide bonds. The first-order chi connectivity index (χ1) is 49.6. The maximum Gasteiger partial charge on any atom is 0.234 e. The Kier molecular flexibility index (Phi) is 24.9. The Morgan fingerprint density at radius 3 is 1.25 bits per heavy atom. The number of likely N-dealkylation sites (tertiary alicyclic amines) is 3. The van der Waals surface area contributed by atoms with Gasteiger partial charge in [0.05, 0.1) is 85.7 Å². The molecule has 0 radical (unpaired) electrons. The summed E-state index contributed by atoms with van der Waals surface area (Å²) in [7, 11) is 0. The number of aromatic nitrogens is 6. The van der Waals surface area contributed by atoms with Crippen LogP contribution in [0.25, 0.3) is 32.2 Å². The molecular formula is C81H99N9O13S2. The molecule has 10 atom stereocenters. The highest BCUT2D eigenvalue weighted by Crippen LogP contribution is 2.43. The lowest BCUT2D eigenvalue weighted by Crippen LogP contribution is -2.46. The highest BCUT2D eigenvalue weighted by molar-refractivity contribution is 7.13. The quantitative estimate of drug-likeness (QED) is 0.0602. The monoisotopic (exact) mass is 1470 g/mol. The summed E-state index contributed by atoms with van der Waals surface area (Å²) >= 11 is 3.20. The molecule has 3 aliphatic heterocycles. The smallest absolute Gasteiger partial charge is 0.234 e. The Morgan fingerprint density at radius 2 is 0.905 bits per heavy atom. The van der Waals surface area contributed by atoms with Crippen LogP contribution in [0.1, 0.15) is 194 Å². The number of aliphatic hydroxyl groups excluding tert-OH is 3. The number of Topliss-reactive ketones (excluding diaryl/α,β-unsaturated/α-hetero) is 3. The van der Waals surface area contributed by atoms with E-state index in [0.29, 0.717) is 60.0 Å². The third-order valence-electron chi connectivity index (χ3n) is 19.9. The Morgan fingerprint density at radius 1 is 0.505 bits per heavy atom. The van der Waals surface area contributed by atoms with Gasteiger partial charge in [0.25, 0.3) is 0 Å². The average molecular weight is 1470 g/mol. The van der Waals surface area contributed by atoms with Crippen molar-refractivity contribution in [2.75, 3.05) is 19.6 Å². The van der Waals surface area contributed by atoms with E-state index in [1.807, 2.05) is 164 Å². The van der Waals surface area contributed by atoms with Gasteiger partial charge in [-0.05, 0) is 97.4 Å². The standard InChI is InChI=1S/C28H35N3O4S.C27H33N3O5.C26H31N3O4S/c1-16(19-7-9-20(10-8-19)26-18(3)29-15-36-26)11-23(33)22-13-21(32)14-31(22)27(34)25(28(4,5)6)24-12-17(2)30-35-24;1-16-12-23(35-29-16)24(27(3,4)5)26(33)30-14-20(31)13-21(30)22(32)11-8-18-6-9-19(10-7-18)25-17(2)28-15-34-25;1-16-11-22(33-28-16)24(26(2,3)4)25(32)29-14-19(30)12-20(29)21(31)10-7-17-5-8-18(9-6-17)23-13-27-15-34-23/h7-10,12,15-16,21-22,25,32H,11,13-14H2,1-6H3;6-7,9-10,12,15,20-21,24,31H,8,11,13-14H2,1-5H3;5-6,8-9,11,13,15,19-20,24,30H,7,10,12,14H2,1-4H3/t16-,21-,22+,25-;20-,21+,24-;19-,20+,24-/m111/s1. The Hall–Kier alpha value is -8.94. The van der Waals surface area contributed by atoms with Crippen LogP contribution in [-0.2, 0) is 41.6 Å². The Labute approximate surface area is 622 Å². The maximum atomic E-state index is 13.8. The van der Waals surface area contributed by atoms with Gasteiger partial charge in [0.15, 0.2) is 29.5 Å². The van der Waals surface area contributed by atoms with Gasteiger partial charge in [-0.3, -0.25) is 33.8 Å². The van der Waals surface area contributed by atoms with E-state index in [1.54, 1.807) is 56.2 Å². The zero-order chi connectivity index (χ0) is 76.0. The fourth-order valence-electron chi connectivity index (χ4n) is 14.5. The summed E-state index contributed by atoms with van der Waals surface area (Å²) in [5.74, 6) is -0.338. The number of benzene rings is 3. The minimum absolute atomic E-state index is 0.0147. The topological polar surface area (TPSA) is 303 Å². The second-order valence-corrected chi connectivity index (χ2v) is 33.4. The van der Waals surface area contributed by atoms with E-state index in [0.717, 1.165) is 60.3 Å². The van der Waals surface area contributed by atoms with Gasteiger partial charge in [-0.15, -0.1) is 22.7 Å². The van der Waals surface area contributed by atoms with Crippen molar-refractivity contribution in [3.63, 3.8) is 0 Å². The number of β-amino-alcohol motifs (C(OH)–C–C–N with tert-alkyl or cyclic N) is 3. The van der Waals surface area contributed by atoms with Gasteiger partial charge < -0.3 is 48.0 Å². The van der Waals surface area contributed by atoms with Gasteiger partial charge in [-0.1, -0.05) is 158 Å². The van der Waals surface area contributed by atoms with Crippen molar-refractivity contribution in [1.82, 2.24) is 45.1 Å². The molecule has 3 aromatic carbocycles. The van der Waals surface area contributed by atoms with Crippen molar-refractivity contribution in [1.29, 1.82) is 0 Å². The molecule has 3 N–H and O–H groups in total. The minimum atomic E-state index is -0.727. The van der Waals surface area contributed by atoms with Crippen LogP contribution in [0, 0.1) is 50.9 Å². The number of carbonyl (C=O) groups excluding carboxylic acids is 6. The first kappa shape index (κ1) is 78.6. The molecule has 0 spiro atoms. The lowest BCUT2D eigenvalue weighted by Gasteiger charge is -2.33. The SMILES string of the molecule is Cc1cc([C@H](C(=O)N2C[C@H](O)C[C@H]2C(=O)CCc2ccc(-c3cncs3)cc2)C(C)(C)C)on1.Cc1cc([C@H](C(=O)N2C[C@H](O)C[C@H]2C(=O)CCc2ccc(-c3ocnc3C)cc2)C(C)(C)C)on1.Cc1cc([C@H](C(=O)N2C[C@H](O)C[C@H]2C(=O)C[C@@H](C)c2ccc(-c3scnc3C)cc2)C(C)(C)C)on1. The molecule has 9 heterocycles. The van der Waals surface area contributed by atoms with Crippen LogP contribution in [-0.4, -0.2) is 152 Å². The molecule has 0 aliphatic carbocycles. The normalized spacial score (nSPS) is 19.5. The van der Waals surface area contributed by atoms with Gasteiger partial charge in [-0.2, -0.15) is 0 Å². The van der Waals surface area contributed by atoms with Crippen LogP contribution in [0.15, 0.2) is 133 Å². The molecule has 3 aliphatic rings. The van der Waals surface area contributed by atoms with Crippen LogP contribution in [0.5, 0.6) is 0 Å². The van der Waals surface area contributed by atoms with Crippen LogP contribution in [0.3, 0.4) is 0 Å². The largest absolute Gasteiger partial charge is 0.443 e. The van der Waals surface area contributed by atoms with E-state index in [1.165, 1.54) is 11.3 Å². The van der Waals surface area contributed by atoms with Crippen molar-refractivity contribution in [3.8, 4) is 32.2 Å². The number of rotatable bonds is 21. The molecule has 9 aromatic rings. The van der Waals surface area contributed by atoms with Gasteiger partial charge in [0.2, 0.25) is 17.7 Å². The highest BCUT2D eigenvalue weighted by Gasteiger charge is 2.49. The molecular weight excluding hydrogens is 1370 g/mol. The van der Waals surface area contributed by atoms with Gasteiger partial charge in [-0.25, -0.2) is 9.97 Å². The molecule has 0 saturated carbocycles. The van der Waals surface area contributed by atoms with Crippen molar-refractivity contribution in [2.45, 2.75) is 215 Å². The summed E-state index contributed by atoms with van der Waals surface area (Å²) < 4.78 is 21.8. The predicted octanol–water partition coefficient (Wildman–Crippen LogP) is 13.9. The lowest BCUT2D eigenvalue weighted by molar-refractivity contribution is -0.141. The van der Waals surface area contributed by atoms with Crippen LogP contribution < -0.4 is 0 Å². The van der Waals surface area contributed by atoms with Gasteiger partial charge >= 0.3 is 0 Å². The van der Waals surface area contributed by atoms with Crippen LogP contribution in [0.2, 0.25) is 0 Å². The minimum Gasteiger partial charge on any atom is -0.443 e. The zero-order valence-corrected chi connectivity index (χ0v) is 64.4. The number of hydrogen-bond acceptors (Lipinski definition) is 21. The third-order valence-corrected chi connectivity index (χ3v) is 21.7. The first-order valence-electron chi connectivity index (χ1n) is 35.9. The molecule has 0 bridgehead atoms. The Balaban J connectivity index is 0.000000169. The number of aryl methyl sites for hydroxylation is 7. The fourth-order valence-corrected chi connectivity index (χ4v) is 15.9. The number of thiazole rings is 2. The van der Waals surface area contributed by atoms with Crippen molar-refractivity contribution in [2.24, 2.45) is 16.2 Å². The average Bonchev–Trinajstić information content (AvgIpc) is 1.69. The molecule has 3 fully saturated rings. The van der Waals surface area contributed by atoms with E-state index >= 15 is 0 Å². The van der Waals surface area contributed by atoms with Crippen molar-refractivity contribution < 1.29 is 62.1 Å². The number of amides is 3. The van der Waals surface area contributed by atoms with Crippen LogP contribution >= 0.6 is 22.7 Å². The first-order valence-corrected chi connectivity index (χ1v) is 37.7. The lowest BCUT2D eigenvalue weighted by atomic mass is 9.78. The zero-order valence-electron chi connectivity index (χ0n) is 62.8. The van der Waals surface area contributed by atoms with E-state index < -0.39 is 70.4 Å². The van der Waals surface area contributed by atoms with Gasteiger partial charge in [0, 0.05) is 88.1 Å². The number of oxazole rings is 1. The number of ketones is 3. The molecule has 105 heavy (non-hydrogen) atoms. The fraction of sp³-hybridized carbons (Fsp3) is 0.481. The number of carbonyl (C=O) groups is 6. The van der Waals surface area contributed by atoms with Crippen LogP contribution in [0.4, 0.5) is 0 Å². The molecule has 12 rings (SSSR count). The summed E-state index contributed by atoms with van der Waals surface area (Å²) in [6.07, 6.45) is 3.88. The molecule has 558 valence electrons. The maximum absolute atomic E-state index is 13.8. The Bertz CT molecular complexity index is 4440. The summed E-state index contributed by atoms with van der Waals surface area (Å²) in [4.78, 5) is 100. The highest BCUT2D eigenvalue weighted by atomic mass is 32.1. The number of hydrogen-bond donors (Lipinski definition) is 3. The molecule has 3 saturated heterocycles. The predicted molar refractivity (Wildman–Crippen MR) is 400 cm³/mol. The summed E-state index contributed by atoms with van der Waals surface area (Å²) in [5.41, 5.74) is 12.5. The third kappa shape index (κ3) is 19.2. The number of aliphatic hydroxyl groups is 3. The van der Waals surface area contributed by atoms with E-state index in [-0.39, 0.29) is 86.3 Å². The summed E-state index contributed by atoms with van der Waals surface area (Å²) in [5, 5.41) is 43.0. The second kappa shape index (κ2) is 33.2. The van der Waals surface area contributed by atoms with Crippen molar-refractivity contribution in [3.05, 3.63) is 177 Å². The van der Waals surface area contributed by atoms with E-state index in [2.05, 4.69) is 54.7 Å². The molecule has 6 aromatic heterocycles. The summed E-state index contributed by atoms with van der Waals surface area (Å²) in [6, 6.07) is 27.6. The van der Waals surface area contributed by atoms with Crippen molar-refractivity contribution >= 4 is 57.7 Å². The number of nitrogens with zero attached hydrogens (tertiary/aromatic N) is 9. The molecule has 24 heteroatoms. The van der Waals surface area contributed by atoms with E-state index in [9.17, 15) is 44.1 Å². The second-order valence-electron chi connectivity index (χ2n) is 31.6. The van der Waals surface area contributed by atoms with Gasteiger partial charge in [0.1, 0.15) is 35.0 Å².